The number of hydrogen-bond donors (Lipinski definition) is 5. The molecule has 11 heteroatoms. The minimum absolute atomic E-state index is 0.0109. The lowest BCUT2D eigenvalue weighted by molar-refractivity contribution is -0.277. The molecule has 0 bridgehead atoms. The molecule has 1 fully saturated rings. The van der Waals surface area contributed by atoms with Crippen LogP contribution in [0.1, 0.15) is 0 Å². The average molecular weight is 484 g/mol. The Bertz CT molecular complexity index is 1520. The minimum Gasteiger partial charge on any atom is -0.507 e. The molecule has 5 atom stereocenters. The van der Waals surface area contributed by atoms with Gasteiger partial charge in [0.05, 0.1) is 12.2 Å². The fourth-order valence-electron chi connectivity index (χ4n) is 4.06. The van der Waals surface area contributed by atoms with Crippen molar-refractivity contribution < 1.29 is 43.8 Å². The summed E-state index contributed by atoms with van der Waals surface area (Å²) in [4.78, 5) is 23.6. The van der Waals surface area contributed by atoms with Gasteiger partial charge in [0.15, 0.2) is 0 Å². The molecular formula is C24H20O11. The molecule has 4 aromatic rings. The Morgan fingerprint density at radius 1 is 0.829 bits per heavy atom. The van der Waals surface area contributed by atoms with Crippen LogP contribution in [-0.2, 0) is 4.74 Å². The van der Waals surface area contributed by atoms with Crippen LogP contribution in [0.3, 0.4) is 0 Å². The number of hydrogen-bond acceptors (Lipinski definition) is 11. The fourth-order valence-corrected chi connectivity index (χ4v) is 4.06. The Morgan fingerprint density at radius 2 is 1.51 bits per heavy atom. The number of rotatable bonds is 4. The first-order chi connectivity index (χ1) is 16.8. The third-order valence-corrected chi connectivity index (χ3v) is 5.85. The zero-order chi connectivity index (χ0) is 24.9. The second kappa shape index (κ2) is 8.80. The number of aliphatic hydroxyl groups is 4. The molecule has 182 valence electrons. The van der Waals surface area contributed by atoms with Gasteiger partial charge in [-0.1, -0.05) is 0 Å². The van der Waals surface area contributed by atoms with E-state index in [0.29, 0.717) is 10.8 Å². The average Bonchev–Trinajstić information content (AvgIpc) is 2.84. The normalized spacial score (nSPS) is 24.6. The topological polar surface area (TPSA) is 180 Å². The Hall–Kier alpha value is -3.74. The molecule has 2 aromatic carbocycles. The van der Waals surface area contributed by atoms with Gasteiger partial charge in [0.2, 0.25) is 6.29 Å². The van der Waals surface area contributed by atoms with Crippen LogP contribution < -0.4 is 16.0 Å². The molecule has 11 nitrogen and oxygen atoms in total. The lowest BCUT2D eigenvalue weighted by Crippen LogP contribution is -2.60. The number of ether oxygens (including phenoxy) is 2. The smallest absolute Gasteiger partial charge is 0.336 e. The summed E-state index contributed by atoms with van der Waals surface area (Å²) in [6.07, 6.45) is -7.69. The van der Waals surface area contributed by atoms with Crippen LogP contribution in [-0.4, -0.2) is 62.8 Å². The summed E-state index contributed by atoms with van der Waals surface area (Å²) < 4.78 is 21.8. The van der Waals surface area contributed by atoms with Crippen molar-refractivity contribution in [3.8, 4) is 22.6 Å². The molecule has 0 spiro atoms. The lowest BCUT2D eigenvalue weighted by Gasteiger charge is -2.39. The first kappa shape index (κ1) is 23.0. The molecule has 3 heterocycles. The van der Waals surface area contributed by atoms with E-state index in [1.807, 2.05) is 0 Å². The first-order valence-corrected chi connectivity index (χ1v) is 10.6. The Kier molecular flexibility index (Phi) is 5.79. The van der Waals surface area contributed by atoms with Crippen LogP contribution in [0.15, 0.2) is 67.0 Å². The third-order valence-electron chi connectivity index (χ3n) is 5.85. The van der Waals surface area contributed by atoms with Crippen molar-refractivity contribution in [3.05, 3.63) is 69.4 Å². The summed E-state index contributed by atoms with van der Waals surface area (Å²) in [5.74, 6) is -0.340. The van der Waals surface area contributed by atoms with E-state index >= 15 is 0 Å². The van der Waals surface area contributed by atoms with E-state index in [2.05, 4.69) is 0 Å². The maximum absolute atomic E-state index is 12.0. The summed E-state index contributed by atoms with van der Waals surface area (Å²) in [5, 5.41) is 51.8. The van der Waals surface area contributed by atoms with Crippen LogP contribution in [0.2, 0.25) is 0 Å². The summed E-state index contributed by atoms with van der Waals surface area (Å²) in [6, 6.07) is 11.2. The van der Waals surface area contributed by atoms with Gasteiger partial charge < -0.3 is 43.8 Å². The summed E-state index contributed by atoms with van der Waals surface area (Å²) >= 11 is 0. The summed E-state index contributed by atoms with van der Waals surface area (Å²) in [5.41, 5.74) is -0.848. The molecule has 5 unspecified atom stereocenters. The quantitative estimate of drug-likeness (QED) is 0.254. The molecule has 5 N–H and O–H groups in total. The van der Waals surface area contributed by atoms with Gasteiger partial charge in [-0.05, 0) is 30.3 Å². The first-order valence-electron chi connectivity index (χ1n) is 10.6. The highest BCUT2D eigenvalue weighted by Gasteiger charge is 2.45. The van der Waals surface area contributed by atoms with E-state index < -0.39 is 48.6 Å². The molecule has 1 aliphatic rings. The molecule has 0 aliphatic carbocycles. The van der Waals surface area contributed by atoms with Crippen LogP contribution >= 0.6 is 0 Å². The fraction of sp³-hybridized carbons (Fsp3) is 0.250. The van der Waals surface area contributed by atoms with E-state index in [9.17, 15) is 35.1 Å². The van der Waals surface area contributed by atoms with Crippen molar-refractivity contribution in [1.82, 2.24) is 0 Å². The van der Waals surface area contributed by atoms with Crippen molar-refractivity contribution in [3.63, 3.8) is 0 Å². The van der Waals surface area contributed by atoms with Crippen molar-refractivity contribution in [2.45, 2.75) is 30.7 Å². The predicted octanol–water partition coefficient (Wildman–Crippen LogP) is 0.451. The van der Waals surface area contributed by atoms with Crippen molar-refractivity contribution in [2.75, 3.05) is 6.61 Å². The zero-order valence-corrected chi connectivity index (χ0v) is 17.9. The van der Waals surface area contributed by atoms with E-state index in [4.69, 9.17) is 18.3 Å². The van der Waals surface area contributed by atoms with Crippen LogP contribution in [0.5, 0.6) is 11.5 Å². The lowest BCUT2D eigenvalue weighted by atomic mass is 9.98. The predicted molar refractivity (Wildman–Crippen MR) is 120 cm³/mol. The van der Waals surface area contributed by atoms with Gasteiger partial charge >= 0.3 is 11.3 Å². The minimum atomic E-state index is -1.70. The SMILES string of the molecule is O=c1ccc2cc(-c3c(OC4OC(CO)C(O)C(O)C4O)ccc4ccc(=O)oc34)c(O)cc2o1. The summed E-state index contributed by atoms with van der Waals surface area (Å²) in [6.45, 7) is -0.652. The van der Waals surface area contributed by atoms with E-state index in [-0.39, 0.29) is 33.8 Å². The number of phenolic OH excluding ortho intramolecular Hbond substituents is 1. The molecule has 1 saturated heterocycles. The largest absolute Gasteiger partial charge is 0.507 e. The highest BCUT2D eigenvalue weighted by atomic mass is 16.7. The number of aliphatic hydroxyl groups excluding tert-OH is 4. The highest BCUT2D eigenvalue weighted by molar-refractivity contribution is 5.99. The summed E-state index contributed by atoms with van der Waals surface area (Å²) in [7, 11) is 0. The van der Waals surface area contributed by atoms with Crippen LogP contribution in [0.25, 0.3) is 33.1 Å². The van der Waals surface area contributed by atoms with Crippen molar-refractivity contribution in [1.29, 1.82) is 0 Å². The number of phenols is 1. The van der Waals surface area contributed by atoms with Gasteiger partial charge in [-0.3, -0.25) is 0 Å². The third kappa shape index (κ3) is 4.05. The standard InChI is InChI=1S/C24H20O11/c25-9-16-20(29)21(30)22(31)24(34-16)33-14-4-1-10-2-5-18(28)35-23(10)19(14)12-7-11-3-6-17(27)32-15(11)8-13(12)26/h1-8,16,20-22,24-26,29-31H,9H2. The van der Waals surface area contributed by atoms with Crippen LogP contribution in [0.4, 0.5) is 0 Å². The zero-order valence-electron chi connectivity index (χ0n) is 17.9. The van der Waals surface area contributed by atoms with Gasteiger partial charge in [-0.2, -0.15) is 0 Å². The molecule has 1 aliphatic heterocycles. The second-order valence-electron chi connectivity index (χ2n) is 8.09. The maximum Gasteiger partial charge on any atom is 0.336 e. The molecule has 2 aromatic heterocycles. The number of aromatic hydroxyl groups is 1. The highest BCUT2D eigenvalue weighted by Crippen LogP contribution is 2.43. The van der Waals surface area contributed by atoms with Crippen molar-refractivity contribution >= 4 is 21.9 Å². The Morgan fingerprint density at radius 3 is 2.26 bits per heavy atom. The van der Waals surface area contributed by atoms with E-state index in [1.165, 1.54) is 42.5 Å². The van der Waals surface area contributed by atoms with Gasteiger partial charge in [-0.25, -0.2) is 9.59 Å². The van der Waals surface area contributed by atoms with Gasteiger partial charge in [0.1, 0.15) is 47.1 Å². The molecule has 0 saturated carbocycles. The maximum atomic E-state index is 12.0. The van der Waals surface area contributed by atoms with E-state index in [0.717, 1.165) is 0 Å². The van der Waals surface area contributed by atoms with Gasteiger partial charge in [0.25, 0.3) is 0 Å². The molecule has 5 rings (SSSR count). The van der Waals surface area contributed by atoms with Gasteiger partial charge in [0, 0.05) is 34.5 Å². The van der Waals surface area contributed by atoms with E-state index in [1.54, 1.807) is 6.07 Å². The Balaban J connectivity index is 1.70. The molecule has 35 heavy (non-hydrogen) atoms. The molecule has 0 radical (unpaired) electrons. The van der Waals surface area contributed by atoms with Gasteiger partial charge in [-0.15, -0.1) is 0 Å². The monoisotopic (exact) mass is 484 g/mol. The second-order valence-corrected chi connectivity index (χ2v) is 8.09. The molecular weight excluding hydrogens is 464 g/mol. The van der Waals surface area contributed by atoms with Crippen LogP contribution in [0, 0.1) is 0 Å². The van der Waals surface area contributed by atoms with Crippen molar-refractivity contribution in [2.24, 2.45) is 0 Å². The molecule has 0 amide bonds. The number of benzene rings is 2. The Labute approximate surface area is 195 Å². The number of fused-ring (bicyclic) bond motifs is 2.